The molecule has 16 heavy (non-hydrogen) atoms. The van der Waals surface area contributed by atoms with Crippen LogP contribution in [0.4, 0.5) is 0 Å². The average Bonchev–Trinajstić information content (AvgIpc) is 2.72. The van der Waals surface area contributed by atoms with E-state index in [0.717, 1.165) is 4.88 Å². The highest BCUT2D eigenvalue weighted by atomic mass is 32.1. The van der Waals surface area contributed by atoms with Gasteiger partial charge in [0.15, 0.2) is 0 Å². The lowest BCUT2D eigenvalue weighted by Gasteiger charge is -2.01. The van der Waals surface area contributed by atoms with E-state index in [1.54, 1.807) is 11.4 Å². The Labute approximate surface area is 97.0 Å². The summed E-state index contributed by atoms with van der Waals surface area (Å²) in [6, 6.07) is 1.62. The van der Waals surface area contributed by atoms with Gasteiger partial charge in [-0.2, -0.15) is 0 Å². The quantitative estimate of drug-likeness (QED) is 0.578. The highest BCUT2D eigenvalue weighted by molar-refractivity contribution is 7.10. The molecule has 0 aliphatic carbocycles. The number of aromatic carboxylic acids is 1. The maximum absolute atomic E-state index is 10.8. The van der Waals surface area contributed by atoms with Crippen LogP contribution in [0.15, 0.2) is 11.4 Å². The summed E-state index contributed by atoms with van der Waals surface area (Å²) in [5.74, 6) is -1.18. The normalized spacial score (nSPS) is 10.1. The molecule has 0 radical (unpaired) electrons. The molecule has 88 valence electrons. The molecule has 1 aromatic rings. The molecular formula is C10H13NO4S. The maximum atomic E-state index is 10.8. The van der Waals surface area contributed by atoms with E-state index in [0.29, 0.717) is 25.1 Å². The molecule has 0 atom stereocenters. The average molecular weight is 243 g/mol. The Bertz CT molecular complexity index is 375. The van der Waals surface area contributed by atoms with Crippen molar-refractivity contribution in [3.63, 3.8) is 0 Å². The lowest BCUT2D eigenvalue weighted by molar-refractivity contribution is -0.140. The maximum Gasteiger partial charge on any atom is 0.336 e. The molecule has 1 aromatic heterocycles. The topological polar surface area (TPSA) is 75.6 Å². The van der Waals surface area contributed by atoms with Crippen molar-refractivity contribution in [2.75, 3.05) is 13.7 Å². The molecular weight excluding hydrogens is 230 g/mol. The zero-order chi connectivity index (χ0) is 12.0. The van der Waals surface area contributed by atoms with Gasteiger partial charge in [0.2, 0.25) is 0 Å². The van der Waals surface area contributed by atoms with Crippen molar-refractivity contribution in [3.8, 4) is 0 Å². The summed E-state index contributed by atoms with van der Waals surface area (Å²) in [5, 5.41) is 13.3. The van der Waals surface area contributed by atoms with Crippen LogP contribution in [0, 0.1) is 0 Å². The smallest absolute Gasteiger partial charge is 0.336 e. The fourth-order valence-corrected chi connectivity index (χ4v) is 1.92. The first-order valence-corrected chi connectivity index (χ1v) is 5.59. The molecule has 1 rings (SSSR count). The van der Waals surface area contributed by atoms with Crippen LogP contribution in [0.25, 0.3) is 0 Å². The summed E-state index contributed by atoms with van der Waals surface area (Å²) in [6.07, 6.45) is 0.313. The first-order valence-electron chi connectivity index (χ1n) is 4.71. The molecule has 0 fully saturated rings. The molecule has 6 heteroatoms. The van der Waals surface area contributed by atoms with Crippen molar-refractivity contribution in [1.29, 1.82) is 0 Å². The van der Waals surface area contributed by atoms with Crippen LogP contribution in [-0.4, -0.2) is 30.7 Å². The summed E-state index contributed by atoms with van der Waals surface area (Å²) in [4.78, 5) is 22.3. The number of hydrogen-bond acceptors (Lipinski definition) is 5. The molecule has 0 aromatic carbocycles. The van der Waals surface area contributed by atoms with Crippen LogP contribution in [0.5, 0.6) is 0 Å². The first-order chi connectivity index (χ1) is 7.63. The Kier molecular flexibility index (Phi) is 4.94. The summed E-state index contributed by atoms with van der Waals surface area (Å²) in [5.41, 5.74) is 0.301. The van der Waals surface area contributed by atoms with Crippen LogP contribution in [0.1, 0.15) is 21.7 Å². The van der Waals surface area contributed by atoms with Crippen molar-refractivity contribution in [3.05, 3.63) is 21.9 Å². The molecule has 0 unspecified atom stereocenters. The Hall–Kier alpha value is -1.40. The molecule has 0 aliphatic rings. The Balaban J connectivity index is 2.27. The standard InChI is InChI=1S/C10H13NO4S/c1-15-9(12)2-3-11-5-8-4-7(6-16-8)10(13)14/h4,6,11H,2-3,5H2,1H3,(H,13,14). The second-order valence-electron chi connectivity index (χ2n) is 3.11. The second kappa shape index (κ2) is 6.24. The monoisotopic (exact) mass is 243 g/mol. The molecule has 1 heterocycles. The van der Waals surface area contributed by atoms with Gasteiger partial charge >= 0.3 is 11.9 Å². The van der Waals surface area contributed by atoms with E-state index in [1.807, 2.05) is 0 Å². The van der Waals surface area contributed by atoms with E-state index < -0.39 is 5.97 Å². The molecule has 0 bridgehead atoms. The predicted octanol–water partition coefficient (Wildman–Crippen LogP) is 1.10. The third-order valence-corrected chi connectivity index (χ3v) is 2.87. The van der Waals surface area contributed by atoms with Gasteiger partial charge in [0.05, 0.1) is 19.1 Å². The molecule has 0 spiro atoms. The third kappa shape index (κ3) is 4.00. The number of methoxy groups -OCH3 is 1. The number of nitrogens with one attached hydrogen (secondary N) is 1. The number of thiophene rings is 1. The van der Waals surface area contributed by atoms with Gasteiger partial charge in [0.1, 0.15) is 0 Å². The largest absolute Gasteiger partial charge is 0.478 e. The van der Waals surface area contributed by atoms with Gasteiger partial charge in [-0.15, -0.1) is 11.3 Å². The van der Waals surface area contributed by atoms with Crippen molar-refractivity contribution in [2.45, 2.75) is 13.0 Å². The minimum Gasteiger partial charge on any atom is -0.478 e. The summed E-state index contributed by atoms with van der Waals surface area (Å²) >= 11 is 1.38. The lowest BCUT2D eigenvalue weighted by atomic mass is 10.3. The van der Waals surface area contributed by atoms with Gasteiger partial charge in [0.25, 0.3) is 0 Å². The molecule has 2 N–H and O–H groups in total. The molecule has 0 aliphatic heterocycles. The fraction of sp³-hybridized carbons (Fsp3) is 0.400. The van der Waals surface area contributed by atoms with E-state index in [1.165, 1.54) is 18.4 Å². The van der Waals surface area contributed by atoms with Crippen LogP contribution in [-0.2, 0) is 16.1 Å². The molecule has 0 amide bonds. The van der Waals surface area contributed by atoms with Gasteiger partial charge in [-0.05, 0) is 6.07 Å². The van der Waals surface area contributed by atoms with Crippen LogP contribution in [0.3, 0.4) is 0 Å². The third-order valence-electron chi connectivity index (χ3n) is 1.93. The minimum absolute atomic E-state index is 0.259. The van der Waals surface area contributed by atoms with Gasteiger partial charge in [-0.3, -0.25) is 4.79 Å². The van der Waals surface area contributed by atoms with Crippen LogP contribution in [0.2, 0.25) is 0 Å². The van der Waals surface area contributed by atoms with E-state index in [4.69, 9.17) is 5.11 Å². The van der Waals surface area contributed by atoms with Crippen LogP contribution < -0.4 is 5.32 Å². The highest BCUT2D eigenvalue weighted by Gasteiger charge is 2.06. The van der Waals surface area contributed by atoms with E-state index in [2.05, 4.69) is 10.1 Å². The zero-order valence-corrected chi connectivity index (χ0v) is 9.67. The second-order valence-corrected chi connectivity index (χ2v) is 4.11. The Morgan fingerprint density at radius 3 is 2.88 bits per heavy atom. The molecule has 0 saturated heterocycles. The SMILES string of the molecule is COC(=O)CCNCc1cc(C(=O)O)cs1. The fourth-order valence-electron chi connectivity index (χ4n) is 1.09. The summed E-state index contributed by atoms with van der Waals surface area (Å²) < 4.78 is 4.48. The Morgan fingerprint density at radius 2 is 2.31 bits per heavy atom. The number of carbonyl (C=O) groups excluding carboxylic acids is 1. The number of carboxylic acid groups (broad SMARTS) is 1. The Morgan fingerprint density at radius 1 is 1.56 bits per heavy atom. The lowest BCUT2D eigenvalue weighted by Crippen LogP contribution is -2.17. The van der Waals surface area contributed by atoms with Crippen molar-refractivity contribution >= 4 is 23.3 Å². The van der Waals surface area contributed by atoms with Crippen LogP contribution >= 0.6 is 11.3 Å². The van der Waals surface area contributed by atoms with Crippen molar-refractivity contribution < 1.29 is 19.4 Å². The minimum atomic E-state index is -0.919. The van der Waals surface area contributed by atoms with Gasteiger partial charge in [-0.25, -0.2) is 4.79 Å². The zero-order valence-electron chi connectivity index (χ0n) is 8.86. The number of hydrogen-bond donors (Lipinski definition) is 2. The highest BCUT2D eigenvalue weighted by Crippen LogP contribution is 2.14. The van der Waals surface area contributed by atoms with E-state index >= 15 is 0 Å². The van der Waals surface area contributed by atoms with Crippen molar-refractivity contribution in [2.24, 2.45) is 0 Å². The van der Waals surface area contributed by atoms with E-state index in [-0.39, 0.29) is 5.97 Å². The van der Waals surface area contributed by atoms with Gasteiger partial charge < -0.3 is 15.2 Å². The first kappa shape index (κ1) is 12.7. The molecule has 5 nitrogen and oxygen atoms in total. The number of rotatable bonds is 6. The van der Waals surface area contributed by atoms with Crippen molar-refractivity contribution in [1.82, 2.24) is 5.32 Å². The van der Waals surface area contributed by atoms with Gasteiger partial charge in [-0.1, -0.05) is 0 Å². The number of esters is 1. The predicted molar refractivity (Wildman–Crippen MR) is 59.6 cm³/mol. The van der Waals surface area contributed by atoms with E-state index in [9.17, 15) is 9.59 Å². The molecule has 0 saturated carbocycles. The van der Waals surface area contributed by atoms with Gasteiger partial charge in [0, 0.05) is 23.3 Å². The summed E-state index contributed by atoms with van der Waals surface area (Å²) in [7, 11) is 1.35. The number of ether oxygens (including phenoxy) is 1. The number of carbonyl (C=O) groups is 2. The number of carboxylic acids is 1. The summed E-state index contributed by atoms with van der Waals surface area (Å²) in [6.45, 7) is 1.09.